The summed E-state index contributed by atoms with van der Waals surface area (Å²) < 4.78 is 0. The number of carboxylic acid groups (broad SMARTS) is 1. The molecule has 0 saturated carbocycles. The summed E-state index contributed by atoms with van der Waals surface area (Å²) in [5.41, 5.74) is 1.27. The van der Waals surface area contributed by atoms with Gasteiger partial charge in [0.2, 0.25) is 0 Å². The van der Waals surface area contributed by atoms with Crippen LogP contribution in [0.15, 0.2) is 24.3 Å². The summed E-state index contributed by atoms with van der Waals surface area (Å²) in [6.07, 6.45) is 0. The maximum Gasteiger partial charge on any atom is 0.353 e. The number of fused-ring (bicyclic) bond motifs is 1. The third-order valence-corrected chi connectivity index (χ3v) is 3.07. The number of amides is 2. The highest BCUT2D eigenvalue weighted by Crippen LogP contribution is 2.28. The molecule has 1 aromatic heterocycles. The van der Waals surface area contributed by atoms with E-state index in [9.17, 15) is 14.4 Å². The van der Waals surface area contributed by atoms with Crippen LogP contribution < -0.4 is 4.90 Å². The molecule has 0 spiro atoms. The van der Waals surface area contributed by atoms with Gasteiger partial charge < -0.3 is 5.11 Å². The first kappa shape index (κ1) is 12.1. The number of aryl methyl sites for hydroxylation is 1. The van der Waals surface area contributed by atoms with Crippen LogP contribution in [0.1, 0.15) is 36.8 Å². The normalized spacial score (nSPS) is 13.8. The van der Waals surface area contributed by atoms with Gasteiger partial charge in [-0.3, -0.25) is 14.7 Å². The number of carboxylic acids is 1. The lowest BCUT2D eigenvalue weighted by molar-refractivity contribution is 0.0689. The number of hydrogen-bond donors (Lipinski definition) is 2. The Balaban J connectivity index is 2.06. The number of anilines is 1. The van der Waals surface area contributed by atoms with Crippen LogP contribution in [0.4, 0.5) is 5.82 Å². The fourth-order valence-corrected chi connectivity index (χ4v) is 2.10. The van der Waals surface area contributed by atoms with E-state index >= 15 is 0 Å². The number of aromatic amines is 1. The number of carbonyl (C=O) groups is 3. The molecular weight excluding hydrogens is 262 g/mol. The first-order valence-corrected chi connectivity index (χ1v) is 5.77. The van der Waals surface area contributed by atoms with Crippen LogP contribution in [0.2, 0.25) is 0 Å². The second-order valence-electron chi connectivity index (χ2n) is 4.44. The zero-order chi connectivity index (χ0) is 14.4. The van der Waals surface area contributed by atoms with Gasteiger partial charge in [0, 0.05) is 6.07 Å². The van der Waals surface area contributed by atoms with Crippen molar-refractivity contribution in [2.24, 2.45) is 0 Å². The number of imide groups is 1. The highest BCUT2D eigenvalue weighted by Gasteiger charge is 2.38. The number of H-pyrrole nitrogens is 1. The minimum atomic E-state index is -1.21. The number of nitrogens with one attached hydrogen (secondary N) is 1. The Bertz CT molecular complexity index is 763. The SMILES string of the molecule is Cc1ccc2c(c1)C(=O)N(c1cc(C(=O)O)[nH]n1)C2=O. The van der Waals surface area contributed by atoms with Crippen molar-refractivity contribution in [3.8, 4) is 0 Å². The molecule has 100 valence electrons. The molecule has 1 aromatic carbocycles. The topological polar surface area (TPSA) is 103 Å². The Kier molecular flexibility index (Phi) is 2.43. The van der Waals surface area contributed by atoms with E-state index < -0.39 is 17.8 Å². The van der Waals surface area contributed by atoms with E-state index in [1.54, 1.807) is 18.2 Å². The molecule has 1 aliphatic rings. The summed E-state index contributed by atoms with van der Waals surface area (Å²) in [7, 11) is 0. The number of benzene rings is 1. The lowest BCUT2D eigenvalue weighted by atomic mass is 10.1. The molecule has 0 aliphatic carbocycles. The summed E-state index contributed by atoms with van der Waals surface area (Å²) in [4.78, 5) is 36.1. The van der Waals surface area contributed by atoms with Gasteiger partial charge >= 0.3 is 5.97 Å². The Morgan fingerprint density at radius 3 is 2.55 bits per heavy atom. The van der Waals surface area contributed by atoms with Crippen molar-refractivity contribution in [3.05, 3.63) is 46.6 Å². The molecule has 2 heterocycles. The van der Waals surface area contributed by atoms with Crippen molar-refractivity contribution in [3.63, 3.8) is 0 Å². The van der Waals surface area contributed by atoms with Gasteiger partial charge in [0.15, 0.2) is 5.82 Å². The van der Waals surface area contributed by atoms with Gasteiger partial charge in [0.25, 0.3) is 11.8 Å². The molecule has 2 amide bonds. The Labute approximate surface area is 112 Å². The van der Waals surface area contributed by atoms with Crippen LogP contribution in [0.3, 0.4) is 0 Å². The first-order chi connectivity index (χ1) is 9.49. The van der Waals surface area contributed by atoms with Gasteiger partial charge in [-0.05, 0) is 19.1 Å². The number of carbonyl (C=O) groups excluding carboxylic acids is 2. The van der Waals surface area contributed by atoms with Crippen LogP contribution in [0, 0.1) is 6.92 Å². The van der Waals surface area contributed by atoms with Gasteiger partial charge in [0.1, 0.15) is 5.69 Å². The van der Waals surface area contributed by atoms with Crippen molar-refractivity contribution in [1.29, 1.82) is 0 Å². The zero-order valence-electron chi connectivity index (χ0n) is 10.4. The third-order valence-electron chi connectivity index (χ3n) is 3.07. The van der Waals surface area contributed by atoms with Crippen molar-refractivity contribution < 1.29 is 19.5 Å². The van der Waals surface area contributed by atoms with E-state index in [4.69, 9.17) is 5.11 Å². The van der Waals surface area contributed by atoms with E-state index in [0.29, 0.717) is 11.1 Å². The van der Waals surface area contributed by atoms with E-state index in [2.05, 4.69) is 10.2 Å². The van der Waals surface area contributed by atoms with Gasteiger partial charge in [-0.25, -0.2) is 9.69 Å². The largest absolute Gasteiger partial charge is 0.477 e. The fraction of sp³-hybridized carbons (Fsp3) is 0.0769. The quantitative estimate of drug-likeness (QED) is 0.799. The van der Waals surface area contributed by atoms with Gasteiger partial charge in [-0.2, -0.15) is 5.10 Å². The number of nitrogens with zero attached hydrogens (tertiary/aromatic N) is 2. The maximum absolute atomic E-state index is 12.2. The molecule has 0 fully saturated rings. The minimum Gasteiger partial charge on any atom is -0.477 e. The number of aromatic nitrogens is 2. The molecular formula is C13H9N3O4. The average Bonchev–Trinajstić information content (AvgIpc) is 2.95. The minimum absolute atomic E-state index is 0.0220. The van der Waals surface area contributed by atoms with Crippen molar-refractivity contribution in [1.82, 2.24) is 10.2 Å². The molecule has 3 rings (SSSR count). The number of rotatable bonds is 2. The summed E-state index contributed by atoms with van der Waals surface area (Å²) in [5, 5.41) is 14.8. The molecule has 7 nitrogen and oxygen atoms in total. The van der Waals surface area contributed by atoms with Gasteiger partial charge in [0.05, 0.1) is 11.1 Å². The molecule has 1 aliphatic heterocycles. The summed E-state index contributed by atoms with van der Waals surface area (Å²) in [5.74, 6) is -2.24. The smallest absolute Gasteiger partial charge is 0.353 e. The summed E-state index contributed by atoms with van der Waals surface area (Å²) in [6, 6.07) is 6.09. The number of hydrogen-bond acceptors (Lipinski definition) is 4. The van der Waals surface area contributed by atoms with E-state index in [0.717, 1.165) is 16.5 Å². The predicted octanol–water partition coefficient (Wildman–Crippen LogP) is 1.22. The highest BCUT2D eigenvalue weighted by molar-refractivity contribution is 6.34. The number of aromatic carboxylic acids is 1. The second-order valence-corrected chi connectivity index (χ2v) is 4.44. The van der Waals surface area contributed by atoms with Crippen LogP contribution in [-0.2, 0) is 0 Å². The second kappa shape index (κ2) is 4.02. The molecule has 7 heteroatoms. The lowest BCUT2D eigenvalue weighted by Crippen LogP contribution is -2.29. The molecule has 0 bridgehead atoms. The van der Waals surface area contributed by atoms with Crippen molar-refractivity contribution >= 4 is 23.6 Å². The average molecular weight is 271 g/mol. The third kappa shape index (κ3) is 1.60. The monoisotopic (exact) mass is 271 g/mol. The van der Waals surface area contributed by atoms with Crippen LogP contribution >= 0.6 is 0 Å². The molecule has 20 heavy (non-hydrogen) atoms. The van der Waals surface area contributed by atoms with Crippen LogP contribution in [0.5, 0.6) is 0 Å². The molecule has 0 radical (unpaired) electrons. The molecule has 0 saturated heterocycles. The summed E-state index contributed by atoms with van der Waals surface area (Å²) in [6.45, 7) is 1.82. The van der Waals surface area contributed by atoms with Crippen LogP contribution in [0.25, 0.3) is 0 Å². The zero-order valence-corrected chi connectivity index (χ0v) is 10.4. The Morgan fingerprint density at radius 2 is 1.90 bits per heavy atom. The Morgan fingerprint density at radius 1 is 1.20 bits per heavy atom. The fourth-order valence-electron chi connectivity index (χ4n) is 2.10. The van der Waals surface area contributed by atoms with E-state index in [1.165, 1.54) is 0 Å². The van der Waals surface area contributed by atoms with E-state index in [1.807, 2.05) is 6.92 Å². The summed E-state index contributed by atoms with van der Waals surface area (Å²) >= 11 is 0. The van der Waals surface area contributed by atoms with Gasteiger partial charge in [-0.15, -0.1) is 0 Å². The standard InChI is InChI=1S/C13H9N3O4/c1-6-2-3-7-8(4-6)12(18)16(11(7)17)10-5-9(13(19)20)14-15-10/h2-5H,1H3,(H,14,15)(H,19,20). The first-order valence-electron chi connectivity index (χ1n) is 5.77. The van der Waals surface area contributed by atoms with Crippen LogP contribution in [-0.4, -0.2) is 33.1 Å². The predicted molar refractivity (Wildman–Crippen MR) is 67.9 cm³/mol. The van der Waals surface area contributed by atoms with Gasteiger partial charge in [-0.1, -0.05) is 11.6 Å². The highest BCUT2D eigenvalue weighted by atomic mass is 16.4. The molecule has 0 atom stereocenters. The van der Waals surface area contributed by atoms with Crippen molar-refractivity contribution in [2.45, 2.75) is 6.92 Å². The van der Waals surface area contributed by atoms with Crippen molar-refractivity contribution in [2.75, 3.05) is 4.90 Å². The lowest BCUT2D eigenvalue weighted by Gasteiger charge is -2.08. The molecule has 2 aromatic rings. The molecule has 0 unspecified atom stereocenters. The van der Waals surface area contributed by atoms with E-state index in [-0.39, 0.29) is 11.5 Å². The molecule has 2 N–H and O–H groups in total. The maximum atomic E-state index is 12.2. The Hall–Kier alpha value is -2.96.